The van der Waals surface area contributed by atoms with Gasteiger partial charge in [0.15, 0.2) is 0 Å². The van der Waals surface area contributed by atoms with E-state index >= 15 is 0 Å². The molecule has 0 aromatic heterocycles. The van der Waals surface area contributed by atoms with E-state index in [1.807, 2.05) is 12.1 Å². The molecule has 0 spiro atoms. The molecule has 108 valence electrons. The molecule has 1 aromatic rings. The highest BCUT2D eigenvalue weighted by atomic mass is 32.2. The molecule has 0 saturated heterocycles. The molecule has 0 radical (unpaired) electrons. The smallest absolute Gasteiger partial charge is 0.118 e. The number of thioether (sulfide) groups is 1. The van der Waals surface area contributed by atoms with E-state index < -0.39 is 0 Å². The maximum Gasteiger partial charge on any atom is 0.118 e. The Kier molecular flexibility index (Phi) is 7.99. The lowest BCUT2D eigenvalue weighted by Crippen LogP contribution is -2.28. The summed E-state index contributed by atoms with van der Waals surface area (Å²) in [4.78, 5) is 0. The number of ether oxygens (including phenoxy) is 1. The van der Waals surface area contributed by atoms with E-state index in [2.05, 4.69) is 50.1 Å². The fraction of sp³-hybridized carbons (Fsp3) is 0.625. The third kappa shape index (κ3) is 6.88. The van der Waals surface area contributed by atoms with Crippen molar-refractivity contribution in [2.24, 2.45) is 5.92 Å². The van der Waals surface area contributed by atoms with Crippen LogP contribution < -0.4 is 10.1 Å². The minimum atomic E-state index is 0.603. The molecule has 0 aliphatic heterocycles. The minimum Gasteiger partial charge on any atom is -0.497 e. The third-order valence-corrected chi connectivity index (χ3v) is 4.66. The van der Waals surface area contributed by atoms with Crippen molar-refractivity contribution in [3.63, 3.8) is 0 Å². The molecule has 0 fully saturated rings. The van der Waals surface area contributed by atoms with Crippen molar-refractivity contribution in [2.75, 3.05) is 25.7 Å². The maximum absolute atomic E-state index is 5.18. The van der Waals surface area contributed by atoms with Crippen molar-refractivity contribution in [2.45, 2.75) is 32.7 Å². The SMILES string of the molecule is CNC(CCc1ccc(OC)cc1)CSCC(C)C. The second-order valence-corrected chi connectivity index (χ2v) is 6.38. The fourth-order valence-corrected chi connectivity index (χ4v) is 3.12. The standard InChI is InChI=1S/C16H27NOS/c1-13(2)11-19-12-15(17-3)8-5-14-6-9-16(18-4)10-7-14/h6-7,9-10,13,15,17H,5,8,11-12H2,1-4H3. The van der Waals surface area contributed by atoms with E-state index in [1.54, 1.807) is 7.11 Å². The predicted octanol–water partition coefficient (Wildman–Crippen LogP) is 3.61. The van der Waals surface area contributed by atoms with Gasteiger partial charge in [0.25, 0.3) is 0 Å². The van der Waals surface area contributed by atoms with Gasteiger partial charge in [0.1, 0.15) is 5.75 Å². The van der Waals surface area contributed by atoms with Crippen LogP contribution in [0.3, 0.4) is 0 Å². The number of hydrogen-bond acceptors (Lipinski definition) is 3. The lowest BCUT2D eigenvalue weighted by Gasteiger charge is -2.16. The van der Waals surface area contributed by atoms with Crippen LogP contribution in [-0.2, 0) is 6.42 Å². The highest BCUT2D eigenvalue weighted by Crippen LogP contribution is 2.15. The second kappa shape index (κ2) is 9.27. The van der Waals surface area contributed by atoms with E-state index in [1.165, 1.54) is 23.5 Å². The first-order valence-electron chi connectivity index (χ1n) is 7.03. The molecular formula is C16H27NOS. The number of rotatable bonds is 9. The van der Waals surface area contributed by atoms with Crippen LogP contribution >= 0.6 is 11.8 Å². The average Bonchev–Trinajstić information content (AvgIpc) is 2.42. The summed E-state index contributed by atoms with van der Waals surface area (Å²) in [7, 11) is 3.77. The molecule has 1 N–H and O–H groups in total. The third-order valence-electron chi connectivity index (χ3n) is 3.12. The van der Waals surface area contributed by atoms with Gasteiger partial charge in [-0.1, -0.05) is 26.0 Å². The summed E-state index contributed by atoms with van der Waals surface area (Å²) in [5.74, 6) is 4.16. The summed E-state index contributed by atoms with van der Waals surface area (Å²) in [5, 5.41) is 3.42. The van der Waals surface area contributed by atoms with Gasteiger partial charge in [-0.05, 0) is 49.3 Å². The van der Waals surface area contributed by atoms with Crippen LogP contribution in [0.25, 0.3) is 0 Å². The van der Waals surface area contributed by atoms with Crippen LogP contribution in [0.2, 0.25) is 0 Å². The maximum atomic E-state index is 5.18. The van der Waals surface area contributed by atoms with Gasteiger partial charge in [0.05, 0.1) is 7.11 Å². The Morgan fingerprint density at radius 2 is 1.84 bits per heavy atom. The van der Waals surface area contributed by atoms with Crippen molar-refractivity contribution >= 4 is 11.8 Å². The second-order valence-electron chi connectivity index (χ2n) is 5.30. The first-order chi connectivity index (χ1) is 9.15. The highest BCUT2D eigenvalue weighted by Gasteiger charge is 2.07. The van der Waals surface area contributed by atoms with Gasteiger partial charge < -0.3 is 10.1 Å². The largest absolute Gasteiger partial charge is 0.497 e. The van der Waals surface area contributed by atoms with Crippen molar-refractivity contribution in [3.8, 4) is 5.75 Å². The van der Waals surface area contributed by atoms with Crippen LogP contribution in [0.15, 0.2) is 24.3 Å². The van der Waals surface area contributed by atoms with E-state index in [0.29, 0.717) is 6.04 Å². The van der Waals surface area contributed by atoms with Crippen LogP contribution in [0.1, 0.15) is 25.8 Å². The van der Waals surface area contributed by atoms with Gasteiger partial charge in [0.2, 0.25) is 0 Å². The summed E-state index contributed by atoms with van der Waals surface area (Å²) in [5.41, 5.74) is 1.38. The molecular weight excluding hydrogens is 254 g/mol. The topological polar surface area (TPSA) is 21.3 Å². The van der Waals surface area contributed by atoms with Crippen molar-refractivity contribution in [1.82, 2.24) is 5.32 Å². The number of benzene rings is 1. The Morgan fingerprint density at radius 1 is 1.16 bits per heavy atom. The number of nitrogens with one attached hydrogen (secondary N) is 1. The number of hydrogen-bond donors (Lipinski definition) is 1. The summed E-state index contributed by atoms with van der Waals surface area (Å²) >= 11 is 2.05. The molecule has 3 heteroatoms. The Bertz CT molecular complexity index is 337. The molecule has 1 unspecified atom stereocenters. The predicted molar refractivity (Wildman–Crippen MR) is 86.3 cm³/mol. The van der Waals surface area contributed by atoms with Crippen LogP contribution in [0, 0.1) is 5.92 Å². The quantitative estimate of drug-likeness (QED) is 0.747. The van der Waals surface area contributed by atoms with E-state index in [9.17, 15) is 0 Å². The normalized spacial score (nSPS) is 12.7. The van der Waals surface area contributed by atoms with Crippen molar-refractivity contribution in [1.29, 1.82) is 0 Å². The van der Waals surface area contributed by atoms with E-state index in [-0.39, 0.29) is 0 Å². The molecule has 2 nitrogen and oxygen atoms in total. The molecule has 0 aliphatic rings. The zero-order valence-electron chi connectivity index (χ0n) is 12.6. The molecule has 1 aromatic carbocycles. The van der Waals surface area contributed by atoms with Crippen molar-refractivity contribution < 1.29 is 4.74 Å². The summed E-state index contributed by atoms with van der Waals surface area (Å²) < 4.78 is 5.18. The lowest BCUT2D eigenvalue weighted by atomic mass is 10.1. The van der Waals surface area contributed by atoms with Gasteiger partial charge >= 0.3 is 0 Å². The van der Waals surface area contributed by atoms with Gasteiger partial charge in [-0.15, -0.1) is 0 Å². The Hall–Kier alpha value is -0.670. The molecule has 19 heavy (non-hydrogen) atoms. The van der Waals surface area contributed by atoms with Crippen LogP contribution in [0.4, 0.5) is 0 Å². The van der Waals surface area contributed by atoms with Crippen LogP contribution in [-0.4, -0.2) is 31.7 Å². The Morgan fingerprint density at radius 3 is 2.37 bits per heavy atom. The van der Waals surface area contributed by atoms with Gasteiger partial charge in [-0.3, -0.25) is 0 Å². The Balaban J connectivity index is 2.31. The summed E-state index contributed by atoms with van der Waals surface area (Å²) in [6.45, 7) is 4.55. The molecule has 1 atom stereocenters. The van der Waals surface area contributed by atoms with Crippen LogP contribution in [0.5, 0.6) is 5.75 Å². The lowest BCUT2D eigenvalue weighted by molar-refractivity contribution is 0.414. The zero-order chi connectivity index (χ0) is 14.1. The Labute approximate surface area is 122 Å². The first-order valence-corrected chi connectivity index (χ1v) is 8.19. The number of aryl methyl sites for hydroxylation is 1. The minimum absolute atomic E-state index is 0.603. The average molecular weight is 281 g/mol. The first kappa shape index (κ1) is 16.4. The fourth-order valence-electron chi connectivity index (χ4n) is 1.89. The van der Waals surface area contributed by atoms with E-state index in [0.717, 1.165) is 18.1 Å². The molecule has 1 rings (SSSR count). The highest BCUT2D eigenvalue weighted by molar-refractivity contribution is 7.99. The van der Waals surface area contributed by atoms with Crippen molar-refractivity contribution in [3.05, 3.63) is 29.8 Å². The summed E-state index contributed by atoms with van der Waals surface area (Å²) in [6, 6.07) is 9.00. The summed E-state index contributed by atoms with van der Waals surface area (Å²) in [6.07, 6.45) is 2.31. The molecule has 0 amide bonds. The molecule has 0 saturated carbocycles. The van der Waals surface area contributed by atoms with Gasteiger partial charge in [-0.2, -0.15) is 11.8 Å². The number of methoxy groups -OCH3 is 1. The van der Waals surface area contributed by atoms with E-state index in [4.69, 9.17) is 4.74 Å². The molecule has 0 bridgehead atoms. The zero-order valence-corrected chi connectivity index (χ0v) is 13.4. The monoisotopic (exact) mass is 281 g/mol. The van der Waals surface area contributed by atoms with Gasteiger partial charge in [-0.25, -0.2) is 0 Å². The van der Waals surface area contributed by atoms with Gasteiger partial charge in [0, 0.05) is 11.8 Å². The molecule has 0 heterocycles. The molecule has 0 aliphatic carbocycles.